The summed E-state index contributed by atoms with van der Waals surface area (Å²) < 4.78 is 0. The second kappa shape index (κ2) is 5.86. The average molecular weight is 285 g/mol. The fourth-order valence-electron chi connectivity index (χ4n) is 2.44. The molecular weight excluding hydrogens is 262 g/mol. The Morgan fingerprint density at radius 1 is 1.26 bits per heavy atom. The largest absolute Gasteiger partial charge is 0.392 e. The third-order valence-electron chi connectivity index (χ3n) is 3.47. The lowest BCUT2D eigenvalue weighted by Crippen LogP contribution is -2.59. The van der Waals surface area contributed by atoms with Gasteiger partial charge in [-0.15, -0.1) is 0 Å². The molecule has 1 rings (SSSR count). The number of amides is 2. The Morgan fingerprint density at radius 3 is 2.16 bits per heavy atom. The zero-order chi connectivity index (χ0) is 14.8. The summed E-state index contributed by atoms with van der Waals surface area (Å²) in [6, 6.07) is -0.544. The molecule has 19 heavy (non-hydrogen) atoms. The summed E-state index contributed by atoms with van der Waals surface area (Å²) in [5.41, 5.74) is 4.94. The number of carbonyl (C=O) groups excluding carboxylic acids is 2. The van der Waals surface area contributed by atoms with Gasteiger partial charge in [0.2, 0.25) is 11.8 Å². The van der Waals surface area contributed by atoms with Crippen LogP contribution in [0, 0.1) is 11.3 Å². The Kier molecular flexibility index (Phi) is 4.90. The summed E-state index contributed by atoms with van der Waals surface area (Å²) in [5, 5.41) is 5.47. The number of hydrogen-bond acceptors (Lipinski definition) is 3. The van der Waals surface area contributed by atoms with E-state index in [9.17, 15) is 9.59 Å². The van der Waals surface area contributed by atoms with Crippen LogP contribution in [0.2, 0.25) is 0 Å². The summed E-state index contributed by atoms with van der Waals surface area (Å²) in [4.78, 5) is 24.3. The van der Waals surface area contributed by atoms with Gasteiger partial charge in [0, 0.05) is 6.04 Å². The van der Waals surface area contributed by atoms with E-state index in [1.165, 1.54) is 0 Å². The molecule has 1 unspecified atom stereocenters. The Balaban J connectivity index is 2.63. The maximum atomic E-state index is 12.3. The van der Waals surface area contributed by atoms with Gasteiger partial charge in [-0.2, -0.15) is 0 Å². The monoisotopic (exact) mass is 285 g/mol. The van der Waals surface area contributed by atoms with Crippen LogP contribution in [-0.4, -0.2) is 28.9 Å². The Labute approximate surface area is 119 Å². The molecule has 1 aliphatic carbocycles. The van der Waals surface area contributed by atoms with Gasteiger partial charge in [0.25, 0.3) is 0 Å². The third-order valence-corrected chi connectivity index (χ3v) is 3.86. The number of rotatable bonds is 5. The molecule has 0 aromatic carbocycles. The normalized spacial score (nSPS) is 27.3. The average Bonchev–Trinajstić information content (AvgIpc) is 2.22. The predicted molar refractivity (Wildman–Crippen MR) is 78.5 cm³/mol. The van der Waals surface area contributed by atoms with E-state index < -0.39 is 11.5 Å². The van der Waals surface area contributed by atoms with Gasteiger partial charge in [0.05, 0.1) is 10.4 Å². The highest BCUT2D eigenvalue weighted by molar-refractivity contribution is 7.80. The van der Waals surface area contributed by atoms with E-state index in [1.54, 1.807) is 6.92 Å². The molecule has 2 amide bonds. The van der Waals surface area contributed by atoms with Crippen LogP contribution in [0.4, 0.5) is 0 Å². The Hall–Kier alpha value is -1.17. The van der Waals surface area contributed by atoms with E-state index in [4.69, 9.17) is 18.0 Å². The van der Waals surface area contributed by atoms with Crippen molar-refractivity contribution >= 4 is 29.0 Å². The predicted octanol–water partition coefficient (Wildman–Crippen LogP) is 0.718. The number of nitrogens with one attached hydrogen (secondary N) is 2. The second-order valence-corrected chi connectivity index (χ2v) is 6.26. The number of thiocarbonyl (C=S) groups is 1. The minimum absolute atomic E-state index is 0.0418. The molecule has 0 aromatic rings. The maximum Gasteiger partial charge on any atom is 0.242 e. The van der Waals surface area contributed by atoms with Gasteiger partial charge in [-0.25, -0.2) is 0 Å². The SMILES string of the molecule is CC1CC(C(=O)NC(C)C(=O)NC(C)C)(C(N)=S)C1. The molecule has 6 heteroatoms. The topological polar surface area (TPSA) is 84.2 Å². The summed E-state index contributed by atoms with van der Waals surface area (Å²) in [6.45, 7) is 7.46. The first-order valence-corrected chi connectivity index (χ1v) is 7.01. The molecule has 4 N–H and O–H groups in total. The second-order valence-electron chi connectivity index (χ2n) is 5.82. The first kappa shape index (κ1) is 15.9. The van der Waals surface area contributed by atoms with Crippen molar-refractivity contribution < 1.29 is 9.59 Å². The van der Waals surface area contributed by atoms with Gasteiger partial charge >= 0.3 is 0 Å². The number of hydrogen-bond donors (Lipinski definition) is 3. The van der Waals surface area contributed by atoms with E-state index in [2.05, 4.69) is 17.6 Å². The van der Waals surface area contributed by atoms with Crippen LogP contribution in [-0.2, 0) is 9.59 Å². The molecule has 0 bridgehead atoms. The number of nitrogens with two attached hydrogens (primary N) is 1. The van der Waals surface area contributed by atoms with Crippen molar-refractivity contribution in [2.45, 2.75) is 52.6 Å². The van der Waals surface area contributed by atoms with Crippen LogP contribution in [0.1, 0.15) is 40.5 Å². The molecule has 0 saturated heterocycles. The van der Waals surface area contributed by atoms with Gasteiger partial charge < -0.3 is 16.4 Å². The van der Waals surface area contributed by atoms with Gasteiger partial charge in [0.15, 0.2) is 0 Å². The zero-order valence-electron chi connectivity index (χ0n) is 11.9. The van der Waals surface area contributed by atoms with Crippen LogP contribution < -0.4 is 16.4 Å². The molecule has 0 spiro atoms. The van der Waals surface area contributed by atoms with Crippen molar-refractivity contribution in [2.24, 2.45) is 17.1 Å². The lowest BCUT2D eigenvalue weighted by atomic mass is 9.62. The first-order chi connectivity index (χ1) is 8.69. The van der Waals surface area contributed by atoms with E-state index in [-0.39, 0.29) is 22.8 Å². The van der Waals surface area contributed by atoms with Crippen LogP contribution in [0.3, 0.4) is 0 Å². The lowest BCUT2D eigenvalue weighted by Gasteiger charge is -2.44. The van der Waals surface area contributed by atoms with E-state index in [0.717, 1.165) is 0 Å². The summed E-state index contributed by atoms with van der Waals surface area (Å²) >= 11 is 5.01. The highest BCUT2D eigenvalue weighted by atomic mass is 32.1. The Morgan fingerprint density at radius 2 is 1.79 bits per heavy atom. The fraction of sp³-hybridized carbons (Fsp3) is 0.769. The first-order valence-electron chi connectivity index (χ1n) is 6.60. The molecule has 0 aromatic heterocycles. The fourth-order valence-corrected chi connectivity index (χ4v) is 2.70. The molecule has 5 nitrogen and oxygen atoms in total. The molecule has 0 heterocycles. The Bertz CT molecular complexity index is 389. The van der Waals surface area contributed by atoms with Crippen LogP contribution in [0.15, 0.2) is 0 Å². The molecule has 1 aliphatic rings. The highest BCUT2D eigenvalue weighted by Crippen LogP contribution is 2.46. The zero-order valence-corrected chi connectivity index (χ0v) is 12.8. The molecular formula is C13H23N3O2S. The van der Waals surface area contributed by atoms with Crippen LogP contribution in [0.5, 0.6) is 0 Å². The smallest absolute Gasteiger partial charge is 0.242 e. The minimum atomic E-state index is -0.763. The standard InChI is InChI=1S/C13H23N3O2S/c1-7(2)15-10(17)9(4)16-12(18)13(11(14)19)5-8(3)6-13/h7-9H,5-6H2,1-4H3,(H2,14,19)(H,15,17)(H,16,18). The molecule has 0 radical (unpaired) electrons. The quantitative estimate of drug-likeness (QED) is 0.650. The molecule has 1 atom stereocenters. The maximum absolute atomic E-state index is 12.3. The highest BCUT2D eigenvalue weighted by Gasteiger charge is 2.51. The molecule has 1 fully saturated rings. The van der Waals surface area contributed by atoms with Gasteiger partial charge in [-0.05, 0) is 39.5 Å². The van der Waals surface area contributed by atoms with Crippen molar-refractivity contribution in [1.82, 2.24) is 10.6 Å². The van der Waals surface area contributed by atoms with Gasteiger partial charge in [-0.1, -0.05) is 19.1 Å². The van der Waals surface area contributed by atoms with Crippen molar-refractivity contribution in [1.29, 1.82) is 0 Å². The summed E-state index contributed by atoms with van der Waals surface area (Å²) in [6.07, 6.45) is 1.32. The van der Waals surface area contributed by atoms with Gasteiger partial charge in [-0.3, -0.25) is 9.59 Å². The minimum Gasteiger partial charge on any atom is -0.392 e. The molecule has 108 valence electrons. The third kappa shape index (κ3) is 3.43. The molecule has 0 aliphatic heterocycles. The van der Waals surface area contributed by atoms with Crippen molar-refractivity contribution in [2.75, 3.05) is 0 Å². The van der Waals surface area contributed by atoms with E-state index in [1.807, 2.05) is 13.8 Å². The van der Waals surface area contributed by atoms with Crippen molar-refractivity contribution in [3.05, 3.63) is 0 Å². The lowest BCUT2D eigenvalue weighted by molar-refractivity contribution is -0.136. The van der Waals surface area contributed by atoms with Gasteiger partial charge in [0.1, 0.15) is 6.04 Å². The number of carbonyl (C=O) groups is 2. The van der Waals surface area contributed by atoms with Crippen LogP contribution >= 0.6 is 12.2 Å². The summed E-state index contributed by atoms with van der Waals surface area (Å²) in [7, 11) is 0. The van der Waals surface area contributed by atoms with Crippen molar-refractivity contribution in [3.8, 4) is 0 Å². The summed E-state index contributed by atoms with van der Waals surface area (Å²) in [5.74, 6) is 0.00497. The van der Waals surface area contributed by atoms with Crippen LogP contribution in [0.25, 0.3) is 0 Å². The van der Waals surface area contributed by atoms with E-state index in [0.29, 0.717) is 18.8 Å². The van der Waals surface area contributed by atoms with Crippen molar-refractivity contribution in [3.63, 3.8) is 0 Å². The van der Waals surface area contributed by atoms with E-state index >= 15 is 0 Å². The molecule has 1 saturated carbocycles.